The summed E-state index contributed by atoms with van der Waals surface area (Å²) < 4.78 is 1.10. The molecule has 100 valence electrons. The highest BCUT2D eigenvalue weighted by Crippen LogP contribution is 2.23. The van der Waals surface area contributed by atoms with Gasteiger partial charge in [0.2, 0.25) is 0 Å². The van der Waals surface area contributed by atoms with Crippen molar-refractivity contribution >= 4 is 15.9 Å². The van der Waals surface area contributed by atoms with E-state index in [9.17, 15) is 5.11 Å². The summed E-state index contributed by atoms with van der Waals surface area (Å²) in [7, 11) is 1.97. The van der Waals surface area contributed by atoms with Gasteiger partial charge in [-0.25, -0.2) is 0 Å². The van der Waals surface area contributed by atoms with Crippen LogP contribution in [0.3, 0.4) is 0 Å². The summed E-state index contributed by atoms with van der Waals surface area (Å²) in [5.74, 6) is 0.750. The van der Waals surface area contributed by atoms with Gasteiger partial charge in [-0.05, 0) is 48.9 Å². The van der Waals surface area contributed by atoms with E-state index in [-0.39, 0.29) is 0 Å². The number of likely N-dealkylation sites (N-methyl/N-ethyl adjacent to an activating group) is 1. The fourth-order valence-corrected chi connectivity index (χ4v) is 2.47. The molecule has 0 amide bonds. The van der Waals surface area contributed by atoms with Crippen molar-refractivity contribution in [2.24, 2.45) is 0 Å². The third-order valence-electron chi connectivity index (χ3n) is 3.21. The second kappa shape index (κ2) is 6.73. The van der Waals surface area contributed by atoms with Crippen LogP contribution in [-0.4, -0.2) is 18.7 Å². The Morgan fingerprint density at radius 2 is 1.68 bits per heavy atom. The van der Waals surface area contributed by atoms with Gasteiger partial charge in [0.05, 0.1) is 0 Å². The average molecular weight is 320 g/mol. The molecule has 0 heterocycles. The minimum absolute atomic E-state index is 0.317. The Labute approximate surface area is 122 Å². The number of aromatic hydroxyl groups is 1. The first-order chi connectivity index (χ1) is 9.19. The quantitative estimate of drug-likeness (QED) is 0.880. The third kappa shape index (κ3) is 4.08. The zero-order valence-corrected chi connectivity index (χ0v) is 12.5. The molecular weight excluding hydrogens is 302 g/mol. The van der Waals surface area contributed by atoms with Gasteiger partial charge in [-0.1, -0.05) is 40.2 Å². The van der Waals surface area contributed by atoms with E-state index >= 15 is 0 Å². The molecule has 1 atom stereocenters. The summed E-state index contributed by atoms with van der Waals surface area (Å²) in [5, 5.41) is 12.6. The van der Waals surface area contributed by atoms with Gasteiger partial charge in [0.15, 0.2) is 0 Å². The van der Waals surface area contributed by atoms with Gasteiger partial charge in [0, 0.05) is 16.9 Å². The topological polar surface area (TPSA) is 32.3 Å². The van der Waals surface area contributed by atoms with Gasteiger partial charge in [-0.15, -0.1) is 0 Å². The Morgan fingerprint density at radius 3 is 2.26 bits per heavy atom. The minimum atomic E-state index is 0.317. The second-order valence-corrected chi connectivity index (χ2v) is 5.59. The van der Waals surface area contributed by atoms with Crippen LogP contribution in [0.5, 0.6) is 5.75 Å². The number of nitrogens with one attached hydrogen (secondary N) is 1. The van der Waals surface area contributed by atoms with E-state index in [1.165, 1.54) is 11.1 Å². The van der Waals surface area contributed by atoms with E-state index < -0.39 is 0 Å². The smallest absolute Gasteiger partial charge is 0.115 e. The summed E-state index contributed by atoms with van der Waals surface area (Å²) in [5.41, 5.74) is 2.56. The maximum atomic E-state index is 9.32. The fourth-order valence-electron chi connectivity index (χ4n) is 2.21. The predicted octanol–water partition coefficient (Wildman–Crippen LogP) is 3.70. The van der Waals surface area contributed by atoms with Crippen LogP contribution in [0.4, 0.5) is 0 Å². The first kappa shape index (κ1) is 14.1. The number of rotatable bonds is 5. The number of phenols is 1. The Bertz CT molecular complexity index is 507. The molecule has 2 aromatic rings. The van der Waals surface area contributed by atoms with E-state index in [2.05, 4.69) is 45.5 Å². The molecule has 0 aliphatic heterocycles. The lowest BCUT2D eigenvalue weighted by Gasteiger charge is -2.17. The van der Waals surface area contributed by atoms with Gasteiger partial charge < -0.3 is 10.4 Å². The molecule has 2 N–H and O–H groups in total. The van der Waals surface area contributed by atoms with Crippen molar-refractivity contribution in [1.82, 2.24) is 5.32 Å². The first-order valence-corrected chi connectivity index (χ1v) is 7.16. The predicted molar refractivity (Wildman–Crippen MR) is 82.6 cm³/mol. The van der Waals surface area contributed by atoms with E-state index in [0.29, 0.717) is 11.7 Å². The summed E-state index contributed by atoms with van der Waals surface area (Å²) in [6.45, 7) is 0.933. The van der Waals surface area contributed by atoms with Gasteiger partial charge in [0.25, 0.3) is 0 Å². The summed E-state index contributed by atoms with van der Waals surface area (Å²) in [4.78, 5) is 0. The van der Waals surface area contributed by atoms with Gasteiger partial charge >= 0.3 is 0 Å². The summed E-state index contributed by atoms with van der Waals surface area (Å²) in [6, 6.07) is 15.9. The van der Waals surface area contributed by atoms with E-state index in [1.54, 1.807) is 12.1 Å². The van der Waals surface area contributed by atoms with Crippen LogP contribution in [0.25, 0.3) is 0 Å². The number of hydrogen-bond acceptors (Lipinski definition) is 2. The molecule has 2 nitrogen and oxygen atoms in total. The molecule has 2 rings (SSSR count). The van der Waals surface area contributed by atoms with Crippen LogP contribution < -0.4 is 5.32 Å². The Kier molecular flexibility index (Phi) is 5.00. The van der Waals surface area contributed by atoms with Crippen LogP contribution in [-0.2, 0) is 6.42 Å². The third-order valence-corrected chi connectivity index (χ3v) is 3.74. The summed E-state index contributed by atoms with van der Waals surface area (Å²) in [6.07, 6.45) is 0.961. The van der Waals surface area contributed by atoms with Crippen molar-refractivity contribution in [1.29, 1.82) is 0 Å². The molecule has 0 spiro atoms. The first-order valence-electron chi connectivity index (χ1n) is 6.37. The van der Waals surface area contributed by atoms with Crippen molar-refractivity contribution < 1.29 is 5.11 Å². The lowest BCUT2D eigenvalue weighted by Crippen LogP contribution is -2.19. The zero-order chi connectivity index (χ0) is 13.7. The maximum Gasteiger partial charge on any atom is 0.115 e. The molecule has 0 saturated heterocycles. The standard InChI is InChI=1S/C16H18BrNO/c1-18-11-14(13-4-6-15(17)7-5-13)10-12-2-8-16(19)9-3-12/h2-9,14,18-19H,10-11H2,1H3. The van der Waals surface area contributed by atoms with E-state index in [4.69, 9.17) is 0 Å². The molecular formula is C16H18BrNO. The lowest BCUT2D eigenvalue weighted by molar-refractivity contribution is 0.475. The normalized spacial score (nSPS) is 12.3. The van der Waals surface area contributed by atoms with Crippen LogP contribution in [0, 0.1) is 0 Å². The van der Waals surface area contributed by atoms with Crippen molar-refractivity contribution in [2.75, 3.05) is 13.6 Å². The van der Waals surface area contributed by atoms with Crippen molar-refractivity contribution in [2.45, 2.75) is 12.3 Å². The van der Waals surface area contributed by atoms with E-state index in [0.717, 1.165) is 17.4 Å². The molecule has 0 saturated carbocycles. The molecule has 0 aliphatic rings. The Hall–Kier alpha value is -1.32. The molecule has 0 aliphatic carbocycles. The number of benzene rings is 2. The van der Waals surface area contributed by atoms with Gasteiger partial charge in [-0.2, -0.15) is 0 Å². The van der Waals surface area contributed by atoms with Crippen LogP contribution in [0.2, 0.25) is 0 Å². The molecule has 0 radical (unpaired) electrons. The molecule has 0 aromatic heterocycles. The SMILES string of the molecule is CNCC(Cc1ccc(O)cc1)c1ccc(Br)cc1. The number of halogens is 1. The minimum Gasteiger partial charge on any atom is -0.508 e. The zero-order valence-electron chi connectivity index (χ0n) is 10.9. The maximum absolute atomic E-state index is 9.32. The Balaban J connectivity index is 2.15. The van der Waals surface area contributed by atoms with Crippen LogP contribution in [0.15, 0.2) is 53.0 Å². The second-order valence-electron chi connectivity index (χ2n) is 4.68. The largest absolute Gasteiger partial charge is 0.508 e. The van der Waals surface area contributed by atoms with E-state index in [1.807, 2.05) is 19.2 Å². The molecule has 1 unspecified atom stereocenters. The fraction of sp³-hybridized carbons (Fsp3) is 0.250. The van der Waals surface area contributed by atoms with Gasteiger partial charge in [-0.3, -0.25) is 0 Å². The molecule has 19 heavy (non-hydrogen) atoms. The van der Waals surface area contributed by atoms with Crippen molar-refractivity contribution in [3.63, 3.8) is 0 Å². The Morgan fingerprint density at radius 1 is 1.05 bits per heavy atom. The molecule has 3 heteroatoms. The molecule has 0 fully saturated rings. The van der Waals surface area contributed by atoms with Crippen LogP contribution in [0.1, 0.15) is 17.0 Å². The average Bonchev–Trinajstić information content (AvgIpc) is 2.42. The molecule has 0 bridgehead atoms. The lowest BCUT2D eigenvalue weighted by atomic mass is 9.92. The van der Waals surface area contributed by atoms with Crippen molar-refractivity contribution in [3.05, 3.63) is 64.1 Å². The highest BCUT2D eigenvalue weighted by molar-refractivity contribution is 9.10. The number of phenolic OH excluding ortho intramolecular Hbond substituents is 1. The summed E-state index contributed by atoms with van der Waals surface area (Å²) >= 11 is 3.46. The van der Waals surface area contributed by atoms with Crippen LogP contribution >= 0.6 is 15.9 Å². The van der Waals surface area contributed by atoms with Gasteiger partial charge in [0.1, 0.15) is 5.75 Å². The highest BCUT2D eigenvalue weighted by atomic mass is 79.9. The number of hydrogen-bond donors (Lipinski definition) is 2. The highest BCUT2D eigenvalue weighted by Gasteiger charge is 2.11. The molecule has 2 aromatic carbocycles. The van der Waals surface area contributed by atoms with Crippen molar-refractivity contribution in [3.8, 4) is 5.75 Å². The monoisotopic (exact) mass is 319 g/mol.